The number of rotatable bonds is 4. The summed E-state index contributed by atoms with van der Waals surface area (Å²) < 4.78 is 1.32. The molecule has 1 N–H and O–H groups in total. The molecule has 0 fully saturated rings. The van der Waals surface area contributed by atoms with Gasteiger partial charge in [0, 0.05) is 19.3 Å². The van der Waals surface area contributed by atoms with Gasteiger partial charge in [-0.05, 0) is 13.8 Å². The van der Waals surface area contributed by atoms with Crippen molar-refractivity contribution in [1.82, 2.24) is 14.7 Å². The molecule has 0 aromatic carbocycles. The Balaban J connectivity index is 2.66. The monoisotopic (exact) mass is 225 g/mol. The first kappa shape index (κ1) is 12.2. The maximum Gasteiger partial charge on any atom is 0.338 e. The Kier molecular flexibility index (Phi) is 3.65. The van der Waals surface area contributed by atoms with Gasteiger partial charge in [-0.2, -0.15) is 5.10 Å². The standard InChI is InChI=1S/C10H15N3O3/c1-7(2)12(3)9(14)6-13-5-8(4-11-13)10(15)16/h4-5,7H,6H2,1-3H3,(H,15,16). The normalized spacial score (nSPS) is 10.5. The minimum absolute atomic E-state index is 0.0575. The van der Waals surface area contributed by atoms with Gasteiger partial charge >= 0.3 is 5.97 Å². The van der Waals surface area contributed by atoms with E-state index in [2.05, 4.69) is 5.10 Å². The fourth-order valence-electron chi connectivity index (χ4n) is 1.10. The smallest absolute Gasteiger partial charge is 0.338 e. The van der Waals surface area contributed by atoms with E-state index in [-0.39, 0.29) is 24.1 Å². The fourth-order valence-corrected chi connectivity index (χ4v) is 1.10. The molecule has 1 heterocycles. The van der Waals surface area contributed by atoms with E-state index < -0.39 is 5.97 Å². The third-order valence-corrected chi connectivity index (χ3v) is 2.35. The first-order valence-corrected chi connectivity index (χ1v) is 4.93. The Hall–Kier alpha value is -1.85. The van der Waals surface area contributed by atoms with E-state index >= 15 is 0 Å². The summed E-state index contributed by atoms with van der Waals surface area (Å²) in [6.07, 6.45) is 2.57. The minimum atomic E-state index is -1.05. The lowest BCUT2D eigenvalue weighted by molar-refractivity contribution is -0.132. The van der Waals surface area contributed by atoms with Crippen LogP contribution < -0.4 is 0 Å². The molecule has 0 atom stereocenters. The lowest BCUT2D eigenvalue weighted by atomic mass is 10.3. The zero-order valence-electron chi connectivity index (χ0n) is 9.54. The Bertz CT molecular complexity index is 398. The molecule has 0 radical (unpaired) electrons. The summed E-state index contributed by atoms with van der Waals surface area (Å²) in [5, 5.41) is 12.5. The van der Waals surface area contributed by atoms with Crippen molar-refractivity contribution in [3.8, 4) is 0 Å². The number of carbonyl (C=O) groups is 2. The molecule has 88 valence electrons. The van der Waals surface area contributed by atoms with Crippen LogP contribution >= 0.6 is 0 Å². The maximum atomic E-state index is 11.7. The molecular weight excluding hydrogens is 210 g/mol. The highest BCUT2D eigenvalue weighted by Crippen LogP contribution is 2.00. The van der Waals surface area contributed by atoms with Crippen LogP contribution in [0.15, 0.2) is 12.4 Å². The fraction of sp³-hybridized carbons (Fsp3) is 0.500. The van der Waals surface area contributed by atoms with E-state index in [1.165, 1.54) is 17.1 Å². The summed E-state index contributed by atoms with van der Waals surface area (Å²) in [6, 6.07) is 0.113. The van der Waals surface area contributed by atoms with Gasteiger partial charge in [0.25, 0.3) is 0 Å². The van der Waals surface area contributed by atoms with Crippen molar-refractivity contribution in [2.75, 3.05) is 7.05 Å². The summed E-state index contributed by atoms with van der Waals surface area (Å²) in [7, 11) is 1.70. The average Bonchev–Trinajstić information content (AvgIpc) is 2.64. The molecule has 0 aliphatic rings. The van der Waals surface area contributed by atoms with Crippen molar-refractivity contribution < 1.29 is 14.7 Å². The molecule has 0 bridgehead atoms. The molecule has 1 rings (SSSR count). The third-order valence-electron chi connectivity index (χ3n) is 2.35. The van der Waals surface area contributed by atoms with E-state index in [1.54, 1.807) is 11.9 Å². The van der Waals surface area contributed by atoms with E-state index in [1.807, 2.05) is 13.8 Å². The number of hydrogen-bond donors (Lipinski definition) is 1. The molecule has 1 amide bonds. The summed E-state index contributed by atoms with van der Waals surface area (Å²) in [6.45, 7) is 3.87. The van der Waals surface area contributed by atoms with Gasteiger partial charge in [-0.15, -0.1) is 0 Å². The molecule has 6 heteroatoms. The number of aromatic carboxylic acids is 1. The van der Waals surface area contributed by atoms with Crippen molar-refractivity contribution >= 4 is 11.9 Å². The van der Waals surface area contributed by atoms with Crippen LogP contribution in [0.3, 0.4) is 0 Å². The molecule has 0 spiro atoms. The van der Waals surface area contributed by atoms with Crippen LogP contribution in [0.1, 0.15) is 24.2 Å². The van der Waals surface area contributed by atoms with Gasteiger partial charge in [0.15, 0.2) is 0 Å². The van der Waals surface area contributed by atoms with Gasteiger partial charge in [-0.25, -0.2) is 4.79 Å². The Morgan fingerprint density at radius 3 is 2.62 bits per heavy atom. The molecular formula is C10H15N3O3. The van der Waals surface area contributed by atoms with Crippen LogP contribution in [-0.2, 0) is 11.3 Å². The molecule has 0 saturated heterocycles. The average molecular weight is 225 g/mol. The number of likely N-dealkylation sites (N-methyl/N-ethyl adjacent to an activating group) is 1. The highest BCUT2D eigenvalue weighted by molar-refractivity contribution is 5.87. The largest absolute Gasteiger partial charge is 0.478 e. The second-order valence-electron chi connectivity index (χ2n) is 3.83. The maximum absolute atomic E-state index is 11.7. The zero-order valence-corrected chi connectivity index (χ0v) is 9.54. The van der Waals surface area contributed by atoms with Crippen LogP contribution in [0.4, 0.5) is 0 Å². The number of carboxylic acids is 1. The number of aromatic nitrogens is 2. The van der Waals surface area contributed by atoms with E-state index in [4.69, 9.17) is 5.11 Å². The number of hydrogen-bond acceptors (Lipinski definition) is 3. The Morgan fingerprint density at radius 2 is 2.19 bits per heavy atom. The van der Waals surface area contributed by atoms with Gasteiger partial charge in [-0.1, -0.05) is 0 Å². The van der Waals surface area contributed by atoms with Gasteiger partial charge in [0.1, 0.15) is 6.54 Å². The third kappa shape index (κ3) is 2.82. The van der Waals surface area contributed by atoms with Crippen LogP contribution in [0, 0.1) is 0 Å². The Morgan fingerprint density at radius 1 is 1.56 bits per heavy atom. The predicted molar refractivity (Wildman–Crippen MR) is 57.1 cm³/mol. The lowest BCUT2D eigenvalue weighted by Gasteiger charge is -2.21. The van der Waals surface area contributed by atoms with Crippen LogP contribution in [-0.4, -0.2) is 44.8 Å². The highest BCUT2D eigenvalue weighted by Gasteiger charge is 2.14. The van der Waals surface area contributed by atoms with Crippen molar-refractivity contribution in [2.24, 2.45) is 0 Å². The van der Waals surface area contributed by atoms with Gasteiger partial charge in [0.05, 0.1) is 11.8 Å². The molecule has 6 nitrogen and oxygen atoms in total. The minimum Gasteiger partial charge on any atom is -0.478 e. The van der Waals surface area contributed by atoms with Crippen molar-refractivity contribution in [3.63, 3.8) is 0 Å². The van der Waals surface area contributed by atoms with Crippen molar-refractivity contribution in [1.29, 1.82) is 0 Å². The predicted octanol–water partition coefficient (Wildman–Crippen LogP) is 0.448. The zero-order chi connectivity index (χ0) is 12.3. The highest BCUT2D eigenvalue weighted by atomic mass is 16.4. The molecule has 0 aliphatic carbocycles. The van der Waals surface area contributed by atoms with Crippen molar-refractivity contribution in [3.05, 3.63) is 18.0 Å². The van der Waals surface area contributed by atoms with Crippen molar-refractivity contribution in [2.45, 2.75) is 26.4 Å². The molecule has 1 aromatic rings. The topological polar surface area (TPSA) is 75.4 Å². The molecule has 0 unspecified atom stereocenters. The number of carbonyl (C=O) groups excluding carboxylic acids is 1. The van der Waals surface area contributed by atoms with E-state index in [0.717, 1.165) is 0 Å². The molecule has 0 aliphatic heterocycles. The summed E-state index contributed by atoms with van der Waals surface area (Å²) in [5.41, 5.74) is 0.0833. The number of carboxylic acid groups (broad SMARTS) is 1. The van der Waals surface area contributed by atoms with Crippen LogP contribution in [0.2, 0.25) is 0 Å². The van der Waals surface area contributed by atoms with Crippen LogP contribution in [0.25, 0.3) is 0 Å². The molecule has 0 saturated carbocycles. The summed E-state index contributed by atoms with van der Waals surface area (Å²) in [5.74, 6) is -1.15. The second-order valence-corrected chi connectivity index (χ2v) is 3.83. The summed E-state index contributed by atoms with van der Waals surface area (Å²) >= 11 is 0. The van der Waals surface area contributed by atoms with E-state index in [0.29, 0.717) is 0 Å². The molecule has 16 heavy (non-hydrogen) atoms. The van der Waals surface area contributed by atoms with Crippen LogP contribution in [0.5, 0.6) is 0 Å². The molecule has 1 aromatic heterocycles. The van der Waals surface area contributed by atoms with Gasteiger partial charge < -0.3 is 10.0 Å². The Labute approximate surface area is 93.5 Å². The summed E-state index contributed by atoms with van der Waals surface area (Å²) in [4.78, 5) is 23.8. The first-order valence-electron chi connectivity index (χ1n) is 4.93. The van der Waals surface area contributed by atoms with E-state index in [9.17, 15) is 9.59 Å². The number of nitrogens with zero attached hydrogens (tertiary/aromatic N) is 3. The quantitative estimate of drug-likeness (QED) is 0.807. The SMILES string of the molecule is CC(C)N(C)C(=O)Cn1cc(C(=O)O)cn1. The first-order chi connectivity index (χ1) is 7.41. The second kappa shape index (κ2) is 4.78. The van der Waals surface area contributed by atoms with Gasteiger partial charge in [0.2, 0.25) is 5.91 Å². The number of amides is 1. The lowest BCUT2D eigenvalue weighted by Crippen LogP contribution is -2.35. The van der Waals surface area contributed by atoms with Gasteiger partial charge in [-0.3, -0.25) is 9.48 Å².